The molecule has 0 aliphatic heterocycles. The van der Waals surface area contributed by atoms with Gasteiger partial charge in [0.15, 0.2) is 0 Å². The van der Waals surface area contributed by atoms with Gasteiger partial charge < -0.3 is 14.6 Å². The molecule has 0 aliphatic carbocycles. The van der Waals surface area contributed by atoms with Crippen molar-refractivity contribution in [1.82, 2.24) is 5.43 Å². The first-order chi connectivity index (χ1) is 10.7. The molecule has 0 radical (unpaired) electrons. The van der Waals surface area contributed by atoms with Gasteiger partial charge in [0.05, 0.1) is 26.0 Å². The molecule has 0 bridgehead atoms. The number of phenolic OH excluding ortho intramolecular Hbond substituents is 1. The van der Waals surface area contributed by atoms with Crippen molar-refractivity contribution in [1.29, 1.82) is 0 Å². The van der Waals surface area contributed by atoms with E-state index in [2.05, 4.69) is 10.5 Å². The zero-order chi connectivity index (χ0) is 15.9. The maximum atomic E-state index is 11.9. The van der Waals surface area contributed by atoms with E-state index < -0.39 is 5.91 Å². The lowest BCUT2D eigenvalue weighted by Gasteiger charge is -2.07. The van der Waals surface area contributed by atoms with E-state index in [4.69, 9.17) is 9.47 Å². The van der Waals surface area contributed by atoms with Gasteiger partial charge in [-0.2, -0.15) is 5.10 Å². The second-order valence-electron chi connectivity index (χ2n) is 4.32. The minimum absolute atomic E-state index is 0.0998. The van der Waals surface area contributed by atoms with Gasteiger partial charge in [0, 0.05) is 11.6 Å². The summed E-state index contributed by atoms with van der Waals surface area (Å²) < 4.78 is 10.3. The first-order valence-electron chi connectivity index (χ1n) is 6.49. The molecule has 0 spiro atoms. The van der Waals surface area contributed by atoms with Crippen LogP contribution in [0.4, 0.5) is 0 Å². The average molecular weight is 300 g/mol. The van der Waals surface area contributed by atoms with Crippen molar-refractivity contribution in [2.45, 2.75) is 0 Å². The lowest BCUT2D eigenvalue weighted by molar-refractivity contribution is 0.0952. The van der Waals surface area contributed by atoms with E-state index in [1.165, 1.54) is 25.5 Å². The van der Waals surface area contributed by atoms with Crippen LogP contribution in [0.2, 0.25) is 0 Å². The number of methoxy groups -OCH3 is 2. The van der Waals surface area contributed by atoms with Gasteiger partial charge in [-0.3, -0.25) is 4.79 Å². The predicted molar refractivity (Wildman–Crippen MR) is 82.7 cm³/mol. The van der Waals surface area contributed by atoms with Crippen molar-refractivity contribution in [2.75, 3.05) is 14.2 Å². The Morgan fingerprint density at radius 2 is 1.95 bits per heavy atom. The SMILES string of the molecule is COc1ccc(/C=N/NC(=O)c2ccccc2O)c(OC)c1. The van der Waals surface area contributed by atoms with Crippen molar-refractivity contribution in [3.63, 3.8) is 0 Å². The third-order valence-corrected chi connectivity index (χ3v) is 2.96. The number of phenols is 1. The maximum Gasteiger partial charge on any atom is 0.275 e. The first kappa shape index (κ1) is 15.4. The average Bonchev–Trinajstić information content (AvgIpc) is 2.55. The molecule has 0 unspecified atom stereocenters. The first-order valence-corrected chi connectivity index (χ1v) is 6.49. The third-order valence-electron chi connectivity index (χ3n) is 2.96. The summed E-state index contributed by atoms with van der Waals surface area (Å²) in [7, 11) is 3.10. The van der Waals surface area contributed by atoms with Gasteiger partial charge in [0.2, 0.25) is 0 Å². The number of nitrogens with one attached hydrogen (secondary N) is 1. The minimum Gasteiger partial charge on any atom is -0.507 e. The van der Waals surface area contributed by atoms with Gasteiger partial charge in [-0.15, -0.1) is 0 Å². The monoisotopic (exact) mass is 300 g/mol. The molecular weight excluding hydrogens is 284 g/mol. The molecule has 2 rings (SSSR count). The fourth-order valence-corrected chi connectivity index (χ4v) is 1.81. The van der Waals surface area contributed by atoms with E-state index in [0.29, 0.717) is 17.1 Å². The Balaban J connectivity index is 2.10. The van der Waals surface area contributed by atoms with E-state index in [-0.39, 0.29) is 11.3 Å². The van der Waals surface area contributed by atoms with Crippen molar-refractivity contribution >= 4 is 12.1 Å². The van der Waals surface area contributed by atoms with E-state index in [9.17, 15) is 9.90 Å². The van der Waals surface area contributed by atoms with Gasteiger partial charge in [-0.1, -0.05) is 12.1 Å². The van der Waals surface area contributed by atoms with E-state index >= 15 is 0 Å². The molecule has 0 heterocycles. The van der Waals surface area contributed by atoms with Crippen molar-refractivity contribution in [3.8, 4) is 17.2 Å². The summed E-state index contributed by atoms with van der Waals surface area (Å²) in [5.41, 5.74) is 3.19. The summed E-state index contributed by atoms with van der Waals surface area (Å²) in [6, 6.07) is 11.5. The molecule has 1 amide bonds. The molecule has 6 heteroatoms. The van der Waals surface area contributed by atoms with Crippen LogP contribution >= 0.6 is 0 Å². The van der Waals surface area contributed by atoms with Gasteiger partial charge in [0.25, 0.3) is 5.91 Å². The highest BCUT2D eigenvalue weighted by Gasteiger charge is 2.09. The summed E-state index contributed by atoms with van der Waals surface area (Å²) in [4.78, 5) is 11.9. The molecular formula is C16H16N2O4. The number of rotatable bonds is 5. The summed E-state index contributed by atoms with van der Waals surface area (Å²) in [6.07, 6.45) is 1.45. The summed E-state index contributed by atoms with van der Waals surface area (Å²) in [6.45, 7) is 0. The van der Waals surface area contributed by atoms with Crippen LogP contribution < -0.4 is 14.9 Å². The third kappa shape index (κ3) is 3.54. The second-order valence-corrected chi connectivity index (χ2v) is 4.32. The Bertz CT molecular complexity index is 698. The second kappa shape index (κ2) is 7.12. The fourth-order valence-electron chi connectivity index (χ4n) is 1.81. The molecule has 0 aromatic heterocycles. The highest BCUT2D eigenvalue weighted by atomic mass is 16.5. The van der Waals surface area contributed by atoms with Crippen LogP contribution in [0.25, 0.3) is 0 Å². The van der Waals surface area contributed by atoms with Gasteiger partial charge in [-0.05, 0) is 24.3 Å². The van der Waals surface area contributed by atoms with E-state index in [0.717, 1.165) is 0 Å². The lowest BCUT2D eigenvalue weighted by Crippen LogP contribution is -2.17. The Kier molecular flexibility index (Phi) is 4.98. The van der Waals surface area contributed by atoms with Crippen molar-refractivity contribution in [3.05, 3.63) is 53.6 Å². The number of carbonyl (C=O) groups excluding carboxylic acids is 1. The number of carbonyl (C=O) groups is 1. The summed E-state index contributed by atoms with van der Waals surface area (Å²) in [5.74, 6) is 0.631. The van der Waals surface area contributed by atoms with E-state index in [1.54, 1.807) is 37.4 Å². The highest BCUT2D eigenvalue weighted by Crippen LogP contribution is 2.23. The Morgan fingerprint density at radius 1 is 1.18 bits per heavy atom. The van der Waals surface area contributed by atoms with Crippen molar-refractivity contribution < 1.29 is 19.4 Å². The number of amides is 1. The fraction of sp³-hybridized carbons (Fsp3) is 0.125. The predicted octanol–water partition coefficient (Wildman–Crippen LogP) is 2.17. The molecule has 0 aliphatic rings. The Morgan fingerprint density at radius 3 is 2.64 bits per heavy atom. The molecule has 2 N–H and O–H groups in total. The van der Waals surface area contributed by atoms with Gasteiger partial charge >= 0.3 is 0 Å². The number of aromatic hydroxyl groups is 1. The number of ether oxygens (including phenoxy) is 2. The van der Waals surface area contributed by atoms with Crippen LogP contribution in [-0.2, 0) is 0 Å². The molecule has 114 valence electrons. The van der Waals surface area contributed by atoms with Crippen LogP contribution in [0.1, 0.15) is 15.9 Å². The molecule has 0 atom stereocenters. The molecule has 2 aromatic rings. The Labute approximate surface area is 128 Å². The minimum atomic E-state index is -0.498. The van der Waals surface area contributed by atoms with Crippen molar-refractivity contribution in [2.24, 2.45) is 5.10 Å². The van der Waals surface area contributed by atoms with Crippen LogP contribution in [0.3, 0.4) is 0 Å². The van der Waals surface area contributed by atoms with Crippen LogP contribution in [0, 0.1) is 0 Å². The number of nitrogens with zero attached hydrogens (tertiary/aromatic N) is 1. The zero-order valence-electron chi connectivity index (χ0n) is 12.2. The summed E-state index contributed by atoms with van der Waals surface area (Å²) >= 11 is 0. The maximum absolute atomic E-state index is 11.9. The number of para-hydroxylation sites is 1. The molecule has 2 aromatic carbocycles. The number of hydrogen-bond donors (Lipinski definition) is 2. The highest BCUT2D eigenvalue weighted by molar-refractivity contribution is 5.97. The topological polar surface area (TPSA) is 80.2 Å². The van der Waals surface area contributed by atoms with Crippen LogP contribution in [0.15, 0.2) is 47.6 Å². The smallest absolute Gasteiger partial charge is 0.275 e. The molecule has 6 nitrogen and oxygen atoms in total. The van der Waals surface area contributed by atoms with Gasteiger partial charge in [-0.25, -0.2) is 5.43 Å². The van der Waals surface area contributed by atoms with Gasteiger partial charge in [0.1, 0.15) is 17.2 Å². The molecule has 0 saturated carbocycles. The summed E-state index contributed by atoms with van der Waals surface area (Å²) in [5, 5.41) is 13.5. The number of hydrazone groups is 1. The van der Waals surface area contributed by atoms with Crippen LogP contribution in [-0.4, -0.2) is 31.4 Å². The molecule has 22 heavy (non-hydrogen) atoms. The largest absolute Gasteiger partial charge is 0.507 e. The lowest BCUT2D eigenvalue weighted by atomic mass is 10.2. The van der Waals surface area contributed by atoms with E-state index in [1.807, 2.05) is 0 Å². The quantitative estimate of drug-likeness (QED) is 0.655. The number of benzene rings is 2. The molecule has 0 fully saturated rings. The van der Waals surface area contributed by atoms with Crippen LogP contribution in [0.5, 0.6) is 17.2 Å². The standard InChI is InChI=1S/C16H16N2O4/c1-21-12-8-7-11(15(9-12)22-2)10-17-18-16(20)13-5-3-4-6-14(13)19/h3-10,19H,1-2H3,(H,18,20)/b17-10+. The number of hydrogen-bond acceptors (Lipinski definition) is 5. The normalized spacial score (nSPS) is 10.5. The Hall–Kier alpha value is -3.02. The molecule has 0 saturated heterocycles. The zero-order valence-corrected chi connectivity index (χ0v) is 12.2.